The minimum Gasteiger partial charge on any atom is -0.494 e. The third kappa shape index (κ3) is 4.03. The van der Waals surface area contributed by atoms with Gasteiger partial charge in [-0.15, -0.1) is 0 Å². The summed E-state index contributed by atoms with van der Waals surface area (Å²) >= 11 is 0. The molecule has 0 aliphatic rings. The number of hydrogen-bond acceptors (Lipinski definition) is 4. The highest BCUT2D eigenvalue weighted by Gasteiger charge is 2.13. The highest BCUT2D eigenvalue weighted by molar-refractivity contribution is 7.84. The van der Waals surface area contributed by atoms with E-state index >= 15 is 0 Å². The van der Waals surface area contributed by atoms with Gasteiger partial charge in [-0.25, -0.2) is 0 Å². The molecule has 1 atom stereocenters. The molecule has 1 aromatic carbocycles. The van der Waals surface area contributed by atoms with Crippen molar-refractivity contribution in [1.82, 2.24) is 5.32 Å². The minimum atomic E-state index is -0.830. The van der Waals surface area contributed by atoms with Crippen molar-refractivity contribution in [3.05, 3.63) is 23.8 Å². The Labute approximate surface area is 109 Å². The predicted molar refractivity (Wildman–Crippen MR) is 73.3 cm³/mol. The fraction of sp³-hybridized carbons (Fsp3) is 0.417. The summed E-state index contributed by atoms with van der Waals surface area (Å²) < 4.78 is 16.0. The van der Waals surface area contributed by atoms with Crippen LogP contribution in [-0.2, 0) is 10.8 Å². The number of carbonyl (C=O) groups excluding carboxylic acids is 1. The van der Waals surface area contributed by atoms with Crippen molar-refractivity contribution in [2.45, 2.75) is 6.42 Å². The van der Waals surface area contributed by atoms with Gasteiger partial charge in [0.15, 0.2) is 5.75 Å². The van der Waals surface area contributed by atoms with Crippen molar-refractivity contribution < 1.29 is 13.7 Å². The fourth-order valence-electron chi connectivity index (χ4n) is 1.53. The Morgan fingerprint density at radius 3 is 2.83 bits per heavy atom. The lowest BCUT2D eigenvalue weighted by atomic mass is 10.1. The Hall–Kier alpha value is -1.56. The molecule has 0 saturated carbocycles. The summed E-state index contributed by atoms with van der Waals surface area (Å²) in [5, 5.41) is 2.75. The SMILES string of the molecule is COc1c(N)cccc1C(=O)NCCCS(C)=O. The maximum Gasteiger partial charge on any atom is 0.255 e. The number of carbonyl (C=O) groups is 1. The summed E-state index contributed by atoms with van der Waals surface area (Å²) in [6.45, 7) is 0.483. The molecule has 18 heavy (non-hydrogen) atoms. The highest BCUT2D eigenvalue weighted by Crippen LogP contribution is 2.25. The van der Waals surface area contributed by atoms with Gasteiger partial charge in [-0.3, -0.25) is 9.00 Å². The maximum absolute atomic E-state index is 11.9. The normalized spacial score (nSPS) is 11.9. The van der Waals surface area contributed by atoms with E-state index in [1.165, 1.54) is 7.11 Å². The van der Waals surface area contributed by atoms with Crippen molar-refractivity contribution in [1.29, 1.82) is 0 Å². The number of hydrogen-bond donors (Lipinski definition) is 2. The molecule has 1 aromatic rings. The number of nitrogen functional groups attached to an aromatic ring is 1. The second kappa shape index (κ2) is 7.00. The molecule has 1 rings (SSSR count). The van der Waals surface area contributed by atoms with Gasteiger partial charge < -0.3 is 15.8 Å². The molecular formula is C12H18N2O3S. The summed E-state index contributed by atoms with van der Waals surface area (Å²) in [7, 11) is 0.644. The second-order valence-electron chi connectivity index (χ2n) is 3.81. The number of nitrogens with one attached hydrogen (secondary N) is 1. The first kappa shape index (κ1) is 14.5. The van der Waals surface area contributed by atoms with Crippen LogP contribution in [0.4, 0.5) is 5.69 Å². The van der Waals surface area contributed by atoms with Crippen molar-refractivity contribution >= 4 is 22.4 Å². The lowest BCUT2D eigenvalue weighted by Gasteiger charge is -2.10. The van der Waals surface area contributed by atoms with Crippen molar-refractivity contribution in [3.63, 3.8) is 0 Å². The van der Waals surface area contributed by atoms with E-state index in [1.807, 2.05) is 0 Å². The molecule has 1 unspecified atom stereocenters. The van der Waals surface area contributed by atoms with Crippen LogP contribution in [0.15, 0.2) is 18.2 Å². The van der Waals surface area contributed by atoms with Gasteiger partial charge in [-0.05, 0) is 18.6 Å². The van der Waals surface area contributed by atoms with Gasteiger partial charge in [0.2, 0.25) is 0 Å². The molecule has 3 N–H and O–H groups in total. The molecule has 0 aliphatic heterocycles. The highest BCUT2D eigenvalue weighted by atomic mass is 32.2. The van der Waals surface area contributed by atoms with Crippen LogP contribution >= 0.6 is 0 Å². The van der Waals surface area contributed by atoms with Gasteiger partial charge in [0.05, 0.1) is 18.4 Å². The number of para-hydroxylation sites is 1. The molecule has 0 heterocycles. The number of nitrogens with two attached hydrogens (primary N) is 1. The summed E-state index contributed by atoms with van der Waals surface area (Å²) in [4.78, 5) is 11.9. The quantitative estimate of drug-likeness (QED) is 0.591. The molecule has 5 nitrogen and oxygen atoms in total. The van der Waals surface area contributed by atoms with E-state index in [9.17, 15) is 9.00 Å². The van der Waals surface area contributed by atoms with Gasteiger partial charge >= 0.3 is 0 Å². The Morgan fingerprint density at radius 2 is 2.22 bits per heavy atom. The number of anilines is 1. The lowest BCUT2D eigenvalue weighted by molar-refractivity contribution is 0.0951. The molecule has 100 valence electrons. The van der Waals surface area contributed by atoms with E-state index in [2.05, 4.69) is 5.32 Å². The third-order valence-corrected chi connectivity index (χ3v) is 3.25. The van der Waals surface area contributed by atoms with Crippen LogP contribution in [0.3, 0.4) is 0 Å². The Bertz CT molecular complexity index is 449. The molecule has 6 heteroatoms. The van der Waals surface area contributed by atoms with E-state index in [0.29, 0.717) is 35.7 Å². The van der Waals surface area contributed by atoms with Crippen molar-refractivity contribution in [2.75, 3.05) is 31.4 Å². The van der Waals surface area contributed by atoms with E-state index in [4.69, 9.17) is 10.5 Å². The smallest absolute Gasteiger partial charge is 0.255 e. The predicted octanol–water partition coefficient (Wildman–Crippen LogP) is 0.776. The van der Waals surface area contributed by atoms with Gasteiger partial charge in [0.1, 0.15) is 0 Å². The van der Waals surface area contributed by atoms with Gasteiger partial charge in [0.25, 0.3) is 5.91 Å². The van der Waals surface area contributed by atoms with Crippen LogP contribution in [0.25, 0.3) is 0 Å². The molecular weight excluding hydrogens is 252 g/mol. The maximum atomic E-state index is 11.9. The van der Waals surface area contributed by atoms with Crippen LogP contribution in [-0.4, -0.2) is 35.8 Å². The topological polar surface area (TPSA) is 81.4 Å². The van der Waals surface area contributed by atoms with E-state index in [1.54, 1.807) is 24.5 Å². The molecule has 0 saturated heterocycles. The molecule has 0 aliphatic carbocycles. The third-order valence-electron chi connectivity index (χ3n) is 2.39. The number of methoxy groups -OCH3 is 1. The molecule has 1 amide bonds. The Morgan fingerprint density at radius 1 is 1.50 bits per heavy atom. The molecule has 0 spiro atoms. The molecule has 0 aromatic heterocycles. The monoisotopic (exact) mass is 270 g/mol. The van der Waals surface area contributed by atoms with E-state index in [0.717, 1.165) is 0 Å². The Balaban J connectivity index is 2.61. The van der Waals surface area contributed by atoms with Gasteiger partial charge in [-0.2, -0.15) is 0 Å². The van der Waals surface area contributed by atoms with Crippen LogP contribution in [0.2, 0.25) is 0 Å². The lowest BCUT2D eigenvalue weighted by Crippen LogP contribution is -2.26. The first-order chi connectivity index (χ1) is 8.56. The standard InChI is InChI=1S/C12H18N2O3S/c1-17-11-9(5-3-6-10(11)13)12(15)14-7-4-8-18(2)16/h3,5-6H,4,7-8,13H2,1-2H3,(H,14,15). The number of amides is 1. The largest absolute Gasteiger partial charge is 0.494 e. The summed E-state index contributed by atoms with van der Waals surface area (Å²) in [6, 6.07) is 5.03. The van der Waals surface area contributed by atoms with Crippen LogP contribution in [0, 0.1) is 0 Å². The number of benzene rings is 1. The van der Waals surface area contributed by atoms with Gasteiger partial charge in [0, 0.05) is 29.4 Å². The minimum absolute atomic E-state index is 0.235. The zero-order valence-corrected chi connectivity index (χ0v) is 11.4. The summed E-state index contributed by atoms with van der Waals surface area (Å²) in [5.41, 5.74) is 6.56. The van der Waals surface area contributed by atoms with Crippen LogP contribution in [0.5, 0.6) is 5.75 Å². The van der Waals surface area contributed by atoms with E-state index in [-0.39, 0.29) is 5.91 Å². The number of ether oxygens (including phenoxy) is 1. The summed E-state index contributed by atoms with van der Waals surface area (Å²) in [5.74, 6) is 0.726. The van der Waals surface area contributed by atoms with Gasteiger partial charge in [-0.1, -0.05) is 6.07 Å². The summed E-state index contributed by atoms with van der Waals surface area (Å²) in [6.07, 6.45) is 2.32. The average molecular weight is 270 g/mol. The first-order valence-corrected chi connectivity index (χ1v) is 7.29. The molecule has 0 radical (unpaired) electrons. The van der Waals surface area contributed by atoms with E-state index < -0.39 is 10.8 Å². The molecule has 0 bridgehead atoms. The number of rotatable bonds is 6. The van der Waals surface area contributed by atoms with Crippen molar-refractivity contribution in [2.24, 2.45) is 0 Å². The fourth-order valence-corrected chi connectivity index (χ4v) is 2.08. The van der Waals surface area contributed by atoms with Crippen LogP contribution in [0.1, 0.15) is 16.8 Å². The first-order valence-electron chi connectivity index (χ1n) is 5.57. The second-order valence-corrected chi connectivity index (χ2v) is 5.37. The zero-order chi connectivity index (χ0) is 13.5. The van der Waals surface area contributed by atoms with Crippen LogP contribution < -0.4 is 15.8 Å². The Kier molecular flexibility index (Phi) is 5.64. The molecule has 0 fully saturated rings. The zero-order valence-electron chi connectivity index (χ0n) is 10.6. The average Bonchev–Trinajstić information content (AvgIpc) is 2.33. The van der Waals surface area contributed by atoms with Crippen molar-refractivity contribution in [3.8, 4) is 5.75 Å².